The zero-order valence-corrected chi connectivity index (χ0v) is 18.9. The standard InChI is InChI=1S/C29H30N/c1-19-15-22(4)29(23(5)16-19)25-13-14-30(6)28(18-25)27-17-24(12-11-21(27)3)26-10-8-7-9-20(26)2/h7-18H,1-6H3/q+1. The maximum Gasteiger partial charge on any atom is 0.213 e. The molecule has 0 aliphatic rings. The molecule has 0 saturated heterocycles. The van der Waals surface area contributed by atoms with E-state index in [2.05, 4.69) is 119 Å². The Kier molecular flexibility index (Phi) is 5.30. The van der Waals surface area contributed by atoms with Gasteiger partial charge < -0.3 is 0 Å². The third-order valence-corrected chi connectivity index (χ3v) is 6.09. The molecule has 3 aromatic carbocycles. The highest BCUT2D eigenvalue weighted by Crippen LogP contribution is 2.33. The van der Waals surface area contributed by atoms with Crippen LogP contribution in [0.4, 0.5) is 0 Å². The molecule has 0 atom stereocenters. The third-order valence-electron chi connectivity index (χ3n) is 6.09. The fraction of sp³-hybridized carbons (Fsp3) is 0.207. The van der Waals surface area contributed by atoms with E-state index in [4.69, 9.17) is 0 Å². The fourth-order valence-electron chi connectivity index (χ4n) is 4.59. The fourth-order valence-corrected chi connectivity index (χ4v) is 4.59. The van der Waals surface area contributed by atoms with Crippen LogP contribution in [0.5, 0.6) is 0 Å². The van der Waals surface area contributed by atoms with Crippen LogP contribution >= 0.6 is 0 Å². The Morgan fingerprint density at radius 3 is 1.93 bits per heavy atom. The molecule has 1 heterocycles. The Labute approximate surface area is 180 Å². The Balaban J connectivity index is 1.89. The topological polar surface area (TPSA) is 3.88 Å². The van der Waals surface area contributed by atoms with Gasteiger partial charge in [0, 0.05) is 17.7 Å². The second kappa shape index (κ2) is 7.91. The zero-order chi connectivity index (χ0) is 21.4. The van der Waals surface area contributed by atoms with E-state index in [-0.39, 0.29) is 0 Å². The van der Waals surface area contributed by atoms with Crippen molar-refractivity contribution in [2.75, 3.05) is 0 Å². The van der Waals surface area contributed by atoms with E-state index in [9.17, 15) is 0 Å². The summed E-state index contributed by atoms with van der Waals surface area (Å²) in [6.45, 7) is 11.0. The van der Waals surface area contributed by atoms with E-state index in [0.29, 0.717) is 0 Å². The molecule has 1 aromatic heterocycles. The monoisotopic (exact) mass is 392 g/mol. The molecule has 4 aromatic rings. The summed E-state index contributed by atoms with van der Waals surface area (Å²) in [6, 6.07) is 24.5. The average molecular weight is 393 g/mol. The van der Waals surface area contributed by atoms with Gasteiger partial charge in [0.2, 0.25) is 5.69 Å². The van der Waals surface area contributed by atoms with Crippen molar-refractivity contribution in [3.05, 3.63) is 101 Å². The summed E-state index contributed by atoms with van der Waals surface area (Å²) >= 11 is 0. The molecule has 0 bridgehead atoms. The molecule has 4 rings (SSSR count). The first kappa shape index (κ1) is 20.1. The largest absolute Gasteiger partial charge is 0.213 e. The van der Waals surface area contributed by atoms with Crippen LogP contribution in [0.1, 0.15) is 27.8 Å². The lowest BCUT2D eigenvalue weighted by Gasteiger charge is -2.14. The van der Waals surface area contributed by atoms with E-state index in [1.807, 2.05) is 0 Å². The second-order valence-corrected chi connectivity index (χ2v) is 8.53. The molecule has 0 saturated carbocycles. The molecule has 0 aliphatic heterocycles. The van der Waals surface area contributed by atoms with Gasteiger partial charge in [-0.15, -0.1) is 0 Å². The van der Waals surface area contributed by atoms with Crippen molar-refractivity contribution < 1.29 is 4.57 Å². The van der Waals surface area contributed by atoms with Crippen LogP contribution in [0, 0.1) is 34.6 Å². The Hall–Kier alpha value is -3.19. The predicted molar refractivity (Wildman–Crippen MR) is 128 cm³/mol. The quantitative estimate of drug-likeness (QED) is 0.329. The summed E-state index contributed by atoms with van der Waals surface area (Å²) in [5.74, 6) is 0. The van der Waals surface area contributed by atoms with Gasteiger partial charge in [-0.25, -0.2) is 4.57 Å². The van der Waals surface area contributed by atoms with Crippen LogP contribution in [-0.2, 0) is 7.05 Å². The van der Waals surface area contributed by atoms with Crippen LogP contribution in [0.2, 0.25) is 0 Å². The number of benzene rings is 3. The van der Waals surface area contributed by atoms with Crippen LogP contribution < -0.4 is 4.57 Å². The lowest BCUT2D eigenvalue weighted by Crippen LogP contribution is -2.30. The van der Waals surface area contributed by atoms with Gasteiger partial charge in [0.1, 0.15) is 7.05 Å². The first-order valence-corrected chi connectivity index (χ1v) is 10.6. The van der Waals surface area contributed by atoms with Crippen molar-refractivity contribution in [1.29, 1.82) is 0 Å². The molecule has 30 heavy (non-hydrogen) atoms. The maximum absolute atomic E-state index is 2.34. The zero-order valence-electron chi connectivity index (χ0n) is 18.9. The van der Waals surface area contributed by atoms with Crippen molar-refractivity contribution in [3.8, 4) is 33.5 Å². The summed E-state index contributed by atoms with van der Waals surface area (Å²) in [5, 5.41) is 0. The van der Waals surface area contributed by atoms with E-state index in [1.165, 1.54) is 61.3 Å². The van der Waals surface area contributed by atoms with Crippen molar-refractivity contribution in [3.63, 3.8) is 0 Å². The number of nitrogens with zero attached hydrogens (tertiary/aromatic N) is 1. The number of hydrogen-bond acceptors (Lipinski definition) is 0. The number of rotatable bonds is 3. The predicted octanol–water partition coefficient (Wildman–Crippen LogP) is 7.05. The van der Waals surface area contributed by atoms with Crippen molar-refractivity contribution in [2.24, 2.45) is 7.05 Å². The van der Waals surface area contributed by atoms with Crippen molar-refractivity contribution in [2.45, 2.75) is 34.6 Å². The van der Waals surface area contributed by atoms with Gasteiger partial charge in [0.25, 0.3) is 0 Å². The van der Waals surface area contributed by atoms with Gasteiger partial charge >= 0.3 is 0 Å². The molecule has 0 radical (unpaired) electrons. The Morgan fingerprint density at radius 2 is 1.23 bits per heavy atom. The number of pyridine rings is 1. The highest BCUT2D eigenvalue weighted by Gasteiger charge is 2.17. The summed E-state index contributed by atoms with van der Waals surface area (Å²) in [4.78, 5) is 0. The van der Waals surface area contributed by atoms with Gasteiger partial charge in [-0.2, -0.15) is 0 Å². The van der Waals surface area contributed by atoms with Crippen molar-refractivity contribution >= 4 is 0 Å². The first-order chi connectivity index (χ1) is 14.3. The summed E-state index contributed by atoms with van der Waals surface area (Å²) in [7, 11) is 2.13. The smallest absolute Gasteiger partial charge is 0.201 e. The molecule has 1 heteroatoms. The number of aryl methyl sites for hydroxylation is 6. The summed E-state index contributed by atoms with van der Waals surface area (Å²) in [6.07, 6.45) is 2.18. The van der Waals surface area contributed by atoms with Crippen LogP contribution in [0.3, 0.4) is 0 Å². The SMILES string of the molecule is Cc1cc(C)c(-c2cc[n+](C)c(-c3cc(-c4ccccc4C)ccc3C)c2)c(C)c1. The minimum Gasteiger partial charge on any atom is -0.201 e. The van der Waals surface area contributed by atoms with Crippen LogP contribution in [-0.4, -0.2) is 0 Å². The van der Waals surface area contributed by atoms with E-state index in [0.717, 1.165) is 0 Å². The van der Waals surface area contributed by atoms with Gasteiger partial charge in [-0.3, -0.25) is 0 Å². The Morgan fingerprint density at radius 1 is 0.567 bits per heavy atom. The molecule has 150 valence electrons. The van der Waals surface area contributed by atoms with E-state index in [1.54, 1.807) is 0 Å². The van der Waals surface area contributed by atoms with Gasteiger partial charge in [0.15, 0.2) is 6.20 Å². The third kappa shape index (κ3) is 3.68. The minimum absolute atomic E-state index is 1.24. The lowest BCUT2D eigenvalue weighted by molar-refractivity contribution is -0.660. The average Bonchev–Trinajstić information content (AvgIpc) is 2.69. The first-order valence-electron chi connectivity index (χ1n) is 10.6. The number of aromatic nitrogens is 1. The highest BCUT2D eigenvalue weighted by molar-refractivity contribution is 5.78. The van der Waals surface area contributed by atoms with Gasteiger partial charge in [0.05, 0.1) is 0 Å². The van der Waals surface area contributed by atoms with Gasteiger partial charge in [-0.1, -0.05) is 54.1 Å². The molecule has 1 nitrogen and oxygen atoms in total. The highest BCUT2D eigenvalue weighted by atomic mass is 14.9. The molecule has 0 amide bonds. The normalized spacial score (nSPS) is 11.0. The number of hydrogen-bond donors (Lipinski definition) is 0. The van der Waals surface area contributed by atoms with Crippen LogP contribution in [0.25, 0.3) is 33.5 Å². The molecule has 0 fully saturated rings. The summed E-state index contributed by atoms with van der Waals surface area (Å²) < 4.78 is 2.23. The van der Waals surface area contributed by atoms with Crippen molar-refractivity contribution in [1.82, 2.24) is 0 Å². The van der Waals surface area contributed by atoms with E-state index < -0.39 is 0 Å². The van der Waals surface area contributed by atoms with Gasteiger partial charge in [-0.05, 0) is 85.2 Å². The molecular formula is C29H30N+. The van der Waals surface area contributed by atoms with Crippen LogP contribution in [0.15, 0.2) is 72.9 Å². The minimum atomic E-state index is 1.24. The van der Waals surface area contributed by atoms with E-state index >= 15 is 0 Å². The molecule has 0 unspecified atom stereocenters. The molecule has 0 N–H and O–H groups in total. The maximum atomic E-state index is 2.34. The Bertz CT molecular complexity index is 1220. The lowest BCUT2D eigenvalue weighted by atomic mass is 9.91. The molecule has 0 spiro atoms. The summed E-state index contributed by atoms with van der Waals surface area (Å²) in [5.41, 5.74) is 14.3. The molecular weight excluding hydrogens is 362 g/mol. The molecule has 0 aliphatic carbocycles. The second-order valence-electron chi connectivity index (χ2n) is 8.53.